The first-order chi connectivity index (χ1) is 11.5. The fraction of sp³-hybridized carbons (Fsp3) is 0.312. The quantitative estimate of drug-likeness (QED) is 0.754. The number of carbonyl (C=O) groups is 2. The standard InChI is InChI=1S/C16H17ClN2O5/c1-23-9-12(16(21)22)19-14(20)6-7-15-18-8-13(24-15)10-2-4-11(17)5-3-10/h2-5,8,12H,6-7,9H2,1H3,(H,19,20)(H,21,22). The molecule has 7 nitrogen and oxygen atoms in total. The maximum absolute atomic E-state index is 11.8. The Balaban J connectivity index is 1.89. The zero-order chi connectivity index (χ0) is 17.5. The highest BCUT2D eigenvalue weighted by molar-refractivity contribution is 6.30. The molecule has 1 amide bonds. The lowest BCUT2D eigenvalue weighted by atomic mass is 10.2. The Hall–Kier alpha value is -2.38. The number of halogens is 1. The van der Waals surface area contributed by atoms with Crippen molar-refractivity contribution >= 4 is 23.5 Å². The first kappa shape index (κ1) is 18.0. The predicted molar refractivity (Wildman–Crippen MR) is 86.7 cm³/mol. The maximum Gasteiger partial charge on any atom is 0.328 e. The van der Waals surface area contributed by atoms with Gasteiger partial charge in [0.1, 0.15) is 0 Å². The molecule has 2 aromatic rings. The number of benzene rings is 1. The molecule has 0 bridgehead atoms. The van der Waals surface area contributed by atoms with E-state index in [1.54, 1.807) is 18.3 Å². The number of methoxy groups -OCH3 is 1. The summed E-state index contributed by atoms with van der Waals surface area (Å²) in [6.45, 7) is -0.0964. The number of carbonyl (C=O) groups excluding carboxylic acids is 1. The van der Waals surface area contributed by atoms with Crippen LogP contribution in [0.1, 0.15) is 12.3 Å². The molecule has 8 heteroatoms. The van der Waals surface area contributed by atoms with Crippen LogP contribution in [0.3, 0.4) is 0 Å². The average molecular weight is 353 g/mol. The molecule has 0 fully saturated rings. The summed E-state index contributed by atoms with van der Waals surface area (Å²) in [5.41, 5.74) is 0.827. The molecular weight excluding hydrogens is 336 g/mol. The largest absolute Gasteiger partial charge is 0.480 e. The third kappa shape index (κ3) is 5.07. The van der Waals surface area contributed by atoms with Gasteiger partial charge in [-0.3, -0.25) is 4.79 Å². The summed E-state index contributed by atoms with van der Waals surface area (Å²) < 4.78 is 10.3. The number of nitrogens with one attached hydrogen (secondary N) is 1. The van der Waals surface area contributed by atoms with Gasteiger partial charge in [0.2, 0.25) is 5.91 Å². The maximum atomic E-state index is 11.8. The Morgan fingerprint density at radius 2 is 2.08 bits per heavy atom. The summed E-state index contributed by atoms with van der Waals surface area (Å²) in [6, 6.07) is 6.03. The molecule has 0 saturated carbocycles. The van der Waals surface area contributed by atoms with Crippen molar-refractivity contribution in [1.29, 1.82) is 0 Å². The molecular formula is C16H17ClN2O5. The van der Waals surface area contributed by atoms with Gasteiger partial charge in [-0.15, -0.1) is 0 Å². The highest BCUT2D eigenvalue weighted by Gasteiger charge is 2.19. The molecule has 24 heavy (non-hydrogen) atoms. The van der Waals surface area contributed by atoms with Crippen molar-refractivity contribution in [2.24, 2.45) is 0 Å². The number of oxazole rings is 1. The molecule has 1 aromatic heterocycles. The molecule has 0 aliphatic heterocycles. The van der Waals surface area contributed by atoms with E-state index < -0.39 is 17.9 Å². The van der Waals surface area contributed by atoms with Crippen LogP contribution >= 0.6 is 11.6 Å². The SMILES string of the molecule is COCC(NC(=O)CCc1ncc(-c2ccc(Cl)cc2)o1)C(=O)O. The topological polar surface area (TPSA) is 102 Å². The van der Waals surface area contributed by atoms with Gasteiger partial charge in [0.25, 0.3) is 0 Å². The monoisotopic (exact) mass is 352 g/mol. The van der Waals surface area contributed by atoms with Gasteiger partial charge in [-0.2, -0.15) is 0 Å². The number of carboxylic acid groups (broad SMARTS) is 1. The van der Waals surface area contributed by atoms with Crippen molar-refractivity contribution in [1.82, 2.24) is 10.3 Å². The summed E-state index contributed by atoms with van der Waals surface area (Å²) in [5.74, 6) is -0.587. The predicted octanol–water partition coefficient (Wildman–Crippen LogP) is 2.14. The fourth-order valence-electron chi connectivity index (χ4n) is 2.00. The number of hydrogen-bond donors (Lipinski definition) is 2. The molecule has 1 atom stereocenters. The second-order valence-electron chi connectivity index (χ2n) is 5.04. The number of rotatable bonds is 8. The van der Waals surface area contributed by atoms with E-state index in [2.05, 4.69) is 10.3 Å². The Kier molecular flexibility index (Phi) is 6.34. The Morgan fingerprint density at radius 3 is 2.71 bits per heavy atom. The van der Waals surface area contributed by atoms with Crippen LogP contribution in [0.15, 0.2) is 34.9 Å². The van der Waals surface area contributed by atoms with Crippen LogP contribution in [0.4, 0.5) is 0 Å². The molecule has 0 spiro atoms. The molecule has 128 valence electrons. The number of aliphatic carboxylic acids is 1. The molecule has 0 aliphatic carbocycles. The number of nitrogens with zero attached hydrogens (tertiary/aromatic N) is 1. The van der Waals surface area contributed by atoms with Crippen LogP contribution in [0.25, 0.3) is 11.3 Å². The van der Waals surface area contributed by atoms with Gasteiger partial charge in [0, 0.05) is 30.5 Å². The van der Waals surface area contributed by atoms with Crippen molar-refractivity contribution in [2.75, 3.05) is 13.7 Å². The molecule has 2 N–H and O–H groups in total. The van der Waals surface area contributed by atoms with Gasteiger partial charge in [0.15, 0.2) is 17.7 Å². The van der Waals surface area contributed by atoms with Crippen molar-refractivity contribution in [3.63, 3.8) is 0 Å². The van der Waals surface area contributed by atoms with Crippen LogP contribution in [-0.4, -0.2) is 41.7 Å². The zero-order valence-corrected chi connectivity index (χ0v) is 13.7. The molecule has 1 heterocycles. The number of amides is 1. The molecule has 2 rings (SSSR count). The van der Waals surface area contributed by atoms with E-state index >= 15 is 0 Å². The van der Waals surface area contributed by atoms with E-state index in [1.807, 2.05) is 12.1 Å². The fourth-order valence-corrected chi connectivity index (χ4v) is 2.13. The van der Waals surface area contributed by atoms with E-state index in [0.717, 1.165) is 5.56 Å². The Labute approximate surface area is 143 Å². The number of aromatic nitrogens is 1. The third-order valence-corrected chi connectivity index (χ3v) is 3.47. The summed E-state index contributed by atoms with van der Waals surface area (Å²) in [4.78, 5) is 26.9. The molecule has 0 saturated heterocycles. The van der Waals surface area contributed by atoms with Gasteiger partial charge in [-0.05, 0) is 24.3 Å². The highest BCUT2D eigenvalue weighted by atomic mass is 35.5. The molecule has 1 unspecified atom stereocenters. The van der Waals surface area contributed by atoms with Crippen LogP contribution in [0.5, 0.6) is 0 Å². The first-order valence-corrected chi connectivity index (χ1v) is 7.59. The third-order valence-electron chi connectivity index (χ3n) is 3.21. The van der Waals surface area contributed by atoms with E-state index in [9.17, 15) is 9.59 Å². The molecule has 1 aromatic carbocycles. The van der Waals surface area contributed by atoms with Crippen molar-refractivity contribution in [3.8, 4) is 11.3 Å². The average Bonchev–Trinajstić information content (AvgIpc) is 3.02. The minimum Gasteiger partial charge on any atom is -0.480 e. The van der Waals surface area contributed by atoms with Crippen LogP contribution in [0, 0.1) is 0 Å². The van der Waals surface area contributed by atoms with E-state index in [0.29, 0.717) is 16.7 Å². The normalized spacial score (nSPS) is 11.9. The summed E-state index contributed by atoms with van der Waals surface area (Å²) in [7, 11) is 1.37. The van der Waals surface area contributed by atoms with Crippen molar-refractivity contribution < 1.29 is 23.8 Å². The Morgan fingerprint density at radius 1 is 1.38 bits per heavy atom. The minimum atomic E-state index is -1.15. The van der Waals surface area contributed by atoms with Crippen LogP contribution in [0.2, 0.25) is 5.02 Å². The number of ether oxygens (including phenoxy) is 1. The van der Waals surface area contributed by atoms with Crippen molar-refractivity contribution in [3.05, 3.63) is 41.4 Å². The van der Waals surface area contributed by atoms with Gasteiger partial charge in [-0.1, -0.05) is 11.6 Å². The van der Waals surface area contributed by atoms with Gasteiger partial charge in [-0.25, -0.2) is 9.78 Å². The van der Waals surface area contributed by atoms with E-state index in [4.69, 9.17) is 25.9 Å². The molecule has 0 radical (unpaired) electrons. The lowest BCUT2D eigenvalue weighted by Crippen LogP contribution is -2.43. The number of hydrogen-bond acceptors (Lipinski definition) is 5. The van der Waals surface area contributed by atoms with Gasteiger partial charge in [0.05, 0.1) is 12.8 Å². The van der Waals surface area contributed by atoms with Crippen molar-refractivity contribution in [2.45, 2.75) is 18.9 Å². The minimum absolute atomic E-state index is 0.0636. The van der Waals surface area contributed by atoms with Crippen LogP contribution in [-0.2, 0) is 20.7 Å². The number of carboxylic acids is 1. The summed E-state index contributed by atoms with van der Waals surface area (Å²) in [6.07, 6.45) is 1.90. The van der Waals surface area contributed by atoms with E-state index in [-0.39, 0.29) is 19.4 Å². The smallest absolute Gasteiger partial charge is 0.328 e. The van der Waals surface area contributed by atoms with Gasteiger partial charge < -0.3 is 19.6 Å². The Bertz CT molecular complexity index is 699. The second-order valence-corrected chi connectivity index (χ2v) is 5.48. The lowest BCUT2D eigenvalue weighted by molar-refractivity contribution is -0.143. The first-order valence-electron chi connectivity index (χ1n) is 7.21. The highest BCUT2D eigenvalue weighted by Crippen LogP contribution is 2.22. The zero-order valence-electron chi connectivity index (χ0n) is 13.0. The lowest BCUT2D eigenvalue weighted by Gasteiger charge is -2.12. The number of aryl methyl sites for hydroxylation is 1. The summed E-state index contributed by atoms with van der Waals surface area (Å²) >= 11 is 5.83. The molecule has 0 aliphatic rings. The second kappa shape index (κ2) is 8.47. The van der Waals surface area contributed by atoms with Gasteiger partial charge >= 0.3 is 5.97 Å². The van der Waals surface area contributed by atoms with E-state index in [1.165, 1.54) is 7.11 Å². The van der Waals surface area contributed by atoms with Crippen LogP contribution < -0.4 is 5.32 Å². The summed E-state index contributed by atoms with van der Waals surface area (Å²) in [5, 5.41) is 12.0.